The molecule has 1 aromatic carbocycles. The van der Waals surface area contributed by atoms with Crippen LogP contribution in [0.15, 0.2) is 36.4 Å². The van der Waals surface area contributed by atoms with Crippen LogP contribution in [-0.2, 0) is 6.42 Å². The van der Waals surface area contributed by atoms with Gasteiger partial charge in [0, 0.05) is 13.0 Å². The normalized spacial score (nSPS) is 17.4. The fourth-order valence-electron chi connectivity index (χ4n) is 3.23. The number of aryl methyl sites for hydroxylation is 1. The Bertz CT molecular complexity index is 864. The number of fused-ring (bicyclic) bond motifs is 1. The van der Waals surface area contributed by atoms with Crippen LogP contribution in [0.25, 0.3) is 5.65 Å². The third-order valence-corrected chi connectivity index (χ3v) is 4.56. The molecule has 3 aromatic rings. The van der Waals surface area contributed by atoms with E-state index in [0.29, 0.717) is 12.4 Å². The van der Waals surface area contributed by atoms with Gasteiger partial charge in [-0.05, 0) is 49.2 Å². The van der Waals surface area contributed by atoms with Crippen molar-refractivity contribution in [2.75, 3.05) is 18.1 Å². The molecule has 0 N–H and O–H groups in total. The zero-order valence-electron chi connectivity index (χ0n) is 14.1. The van der Waals surface area contributed by atoms with Crippen molar-refractivity contribution >= 4 is 11.5 Å². The number of rotatable bonds is 5. The Morgan fingerprint density at radius 1 is 1.16 bits per heavy atom. The molecule has 1 aliphatic heterocycles. The summed E-state index contributed by atoms with van der Waals surface area (Å²) in [6.45, 7) is 3.54. The third-order valence-electron chi connectivity index (χ3n) is 4.56. The first kappa shape index (κ1) is 15.8. The van der Waals surface area contributed by atoms with Crippen molar-refractivity contribution in [3.63, 3.8) is 0 Å². The van der Waals surface area contributed by atoms with E-state index in [4.69, 9.17) is 9.84 Å². The maximum absolute atomic E-state index is 13.0. The Morgan fingerprint density at radius 3 is 2.80 bits per heavy atom. The van der Waals surface area contributed by atoms with Crippen molar-refractivity contribution in [1.82, 2.24) is 19.8 Å². The Kier molecular flexibility index (Phi) is 4.21. The van der Waals surface area contributed by atoms with Gasteiger partial charge in [0.15, 0.2) is 11.5 Å². The number of nitrogens with zero attached hydrogens (tertiary/aromatic N) is 5. The fourth-order valence-corrected chi connectivity index (χ4v) is 3.23. The minimum atomic E-state index is -0.256. The lowest BCUT2D eigenvalue weighted by atomic mass is 10.2. The molecule has 0 spiro atoms. The quantitative estimate of drug-likeness (QED) is 0.714. The summed E-state index contributed by atoms with van der Waals surface area (Å²) in [6, 6.07) is 10.3. The number of benzene rings is 1. The number of halogens is 1. The molecule has 0 amide bonds. The average Bonchev–Trinajstić information content (AvgIpc) is 3.27. The van der Waals surface area contributed by atoms with Crippen molar-refractivity contribution in [2.45, 2.75) is 32.2 Å². The summed E-state index contributed by atoms with van der Waals surface area (Å²) < 4.78 is 20.6. The molecule has 130 valence electrons. The first-order valence-electron chi connectivity index (χ1n) is 8.61. The monoisotopic (exact) mass is 341 g/mol. The van der Waals surface area contributed by atoms with Crippen molar-refractivity contribution in [3.8, 4) is 5.75 Å². The van der Waals surface area contributed by atoms with Gasteiger partial charge < -0.3 is 9.64 Å². The molecule has 0 saturated carbocycles. The average molecular weight is 341 g/mol. The minimum absolute atomic E-state index is 0.247. The molecule has 2 aromatic heterocycles. The zero-order valence-corrected chi connectivity index (χ0v) is 14.1. The molecule has 6 nitrogen and oxygen atoms in total. The summed E-state index contributed by atoms with van der Waals surface area (Å²) in [5.74, 6) is 2.19. The Balaban J connectivity index is 1.51. The van der Waals surface area contributed by atoms with E-state index in [1.165, 1.54) is 12.1 Å². The molecule has 0 radical (unpaired) electrons. The van der Waals surface area contributed by atoms with Gasteiger partial charge in [0.2, 0.25) is 0 Å². The number of aromatic nitrogens is 4. The molecule has 3 heterocycles. The predicted molar refractivity (Wildman–Crippen MR) is 92.4 cm³/mol. The van der Waals surface area contributed by atoms with Crippen LogP contribution in [0.4, 0.5) is 10.2 Å². The van der Waals surface area contributed by atoms with Crippen LogP contribution in [0.2, 0.25) is 0 Å². The molecule has 1 fully saturated rings. The Labute approximate surface area is 145 Å². The van der Waals surface area contributed by atoms with Crippen LogP contribution in [0, 0.1) is 5.82 Å². The Hall–Kier alpha value is -2.70. The van der Waals surface area contributed by atoms with Gasteiger partial charge in [0.1, 0.15) is 24.0 Å². The second-order valence-corrected chi connectivity index (χ2v) is 6.19. The topological polar surface area (TPSA) is 55.5 Å². The van der Waals surface area contributed by atoms with E-state index in [9.17, 15) is 4.39 Å². The molecule has 1 atom stereocenters. The highest BCUT2D eigenvalue weighted by Gasteiger charge is 2.27. The molecule has 25 heavy (non-hydrogen) atoms. The summed E-state index contributed by atoms with van der Waals surface area (Å²) in [4.78, 5) is 2.27. The summed E-state index contributed by atoms with van der Waals surface area (Å²) in [5.41, 5.74) is 0.763. The molecular formula is C18H20FN5O. The van der Waals surface area contributed by atoms with Crippen LogP contribution in [0.5, 0.6) is 5.75 Å². The number of ether oxygens (including phenoxy) is 1. The largest absolute Gasteiger partial charge is 0.491 e. The van der Waals surface area contributed by atoms with E-state index in [2.05, 4.69) is 15.1 Å². The SMILES string of the molecule is CCc1nnc2ccc(N3CCC[C@H]3COc3ccc(F)cc3)nn12. The molecule has 0 aliphatic carbocycles. The second-order valence-electron chi connectivity index (χ2n) is 6.19. The highest BCUT2D eigenvalue weighted by atomic mass is 19.1. The Morgan fingerprint density at radius 2 is 2.00 bits per heavy atom. The van der Waals surface area contributed by atoms with Crippen molar-refractivity contribution in [3.05, 3.63) is 48.0 Å². The van der Waals surface area contributed by atoms with Crippen LogP contribution >= 0.6 is 0 Å². The predicted octanol–water partition coefficient (Wildman–Crippen LogP) is 2.87. The number of hydrogen-bond donors (Lipinski definition) is 0. The standard InChI is InChI=1S/C18H20FN5O/c1-2-16-20-21-17-9-10-18(22-24(16)17)23-11-3-4-14(23)12-25-15-7-5-13(19)6-8-15/h5-10,14H,2-4,11-12H2,1H3/t14-/m0/s1. The lowest BCUT2D eigenvalue weighted by molar-refractivity contribution is 0.287. The number of hydrogen-bond acceptors (Lipinski definition) is 5. The third kappa shape index (κ3) is 3.14. The van der Waals surface area contributed by atoms with Gasteiger partial charge in [-0.25, -0.2) is 4.39 Å². The summed E-state index contributed by atoms with van der Waals surface area (Å²) in [6.07, 6.45) is 2.93. The van der Waals surface area contributed by atoms with Crippen LogP contribution < -0.4 is 9.64 Å². The summed E-state index contributed by atoms with van der Waals surface area (Å²) >= 11 is 0. The minimum Gasteiger partial charge on any atom is -0.491 e. The van der Waals surface area contributed by atoms with Gasteiger partial charge in [-0.15, -0.1) is 15.3 Å². The van der Waals surface area contributed by atoms with E-state index in [1.807, 2.05) is 23.6 Å². The number of anilines is 1. The fraction of sp³-hybridized carbons (Fsp3) is 0.389. The van der Waals surface area contributed by atoms with Gasteiger partial charge in [0.05, 0.1) is 6.04 Å². The van der Waals surface area contributed by atoms with E-state index in [0.717, 1.165) is 43.1 Å². The van der Waals surface area contributed by atoms with Crippen LogP contribution in [-0.4, -0.2) is 39.0 Å². The van der Waals surface area contributed by atoms with Crippen molar-refractivity contribution < 1.29 is 9.13 Å². The van der Waals surface area contributed by atoms with Crippen LogP contribution in [0.1, 0.15) is 25.6 Å². The summed E-state index contributed by atoms with van der Waals surface area (Å²) in [5, 5.41) is 13.0. The van der Waals surface area contributed by atoms with E-state index >= 15 is 0 Å². The van der Waals surface area contributed by atoms with Crippen molar-refractivity contribution in [2.24, 2.45) is 0 Å². The summed E-state index contributed by atoms with van der Waals surface area (Å²) in [7, 11) is 0. The van der Waals surface area contributed by atoms with Gasteiger partial charge in [0.25, 0.3) is 0 Å². The van der Waals surface area contributed by atoms with Gasteiger partial charge >= 0.3 is 0 Å². The molecule has 1 saturated heterocycles. The molecular weight excluding hydrogens is 321 g/mol. The van der Waals surface area contributed by atoms with Gasteiger partial charge in [-0.2, -0.15) is 4.52 Å². The molecule has 0 unspecified atom stereocenters. The van der Waals surface area contributed by atoms with E-state index in [-0.39, 0.29) is 11.9 Å². The smallest absolute Gasteiger partial charge is 0.178 e. The first-order valence-corrected chi connectivity index (χ1v) is 8.61. The molecule has 0 bridgehead atoms. The van der Waals surface area contributed by atoms with Gasteiger partial charge in [-0.3, -0.25) is 0 Å². The molecule has 4 rings (SSSR count). The maximum atomic E-state index is 13.0. The van der Waals surface area contributed by atoms with Crippen LogP contribution in [0.3, 0.4) is 0 Å². The second kappa shape index (κ2) is 6.66. The van der Waals surface area contributed by atoms with E-state index < -0.39 is 0 Å². The highest BCUT2D eigenvalue weighted by molar-refractivity contribution is 5.47. The molecule has 1 aliphatic rings. The molecule has 7 heteroatoms. The lowest BCUT2D eigenvalue weighted by Crippen LogP contribution is -2.35. The lowest BCUT2D eigenvalue weighted by Gasteiger charge is -2.25. The first-order chi connectivity index (χ1) is 12.2. The highest BCUT2D eigenvalue weighted by Crippen LogP contribution is 2.25. The zero-order chi connectivity index (χ0) is 17.2. The van der Waals surface area contributed by atoms with E-state index in [1.54, 1.807) is 12.1 Å². The van der Waals surface area contributed by atoms with Gasteiger partial charge in [-0.1, -0.05) is 6.92 Å². The van der Waals surface area contributed by atoms with Crippen molar-refractivity contribution in [1.29, 1.82) is 0 Å². The maximum Gasteiger partial charge on any atom is 0.178 e.